The topological polar surface area (TPSA) is 102 Å². The Morgan fingerprint density at radius 3 is 2.81 bits per heavy atom. The Hall–Kier alpha value is -3.61. The number of carboxylic acid groups (broad SMARTS) is 1. The smallest absolute Gasteiger partial charge is 0.307 e. The quantitative estimate of drug-likeness (QED) is 0.601. The summed E-state index contributed by atoms with van der Waals surface area (Å²) in [6, 6.07) is 9.87. The summed E-state index contributed by atoms with van der Waals surface area (Å²) in [4.78, 5) is 34.8. The predicted molar refractivity (Wildman–Crippen MR) is 98.3 cm³/mol. The normalized spacial score (nSPS) is 12.9. The number of rotatable bonds is 6. The number of benzene rings is 2. The van der Waals surface area contributed by atoms with Gasteiger partial charge in [0.05, 0.1) is 19.2 Å². The molecule has 0 radical (unpaired) electrons. The summed E-state index contributed by atoms with van der Waals surface area (Å²) in [5.74, 6) is -0.520. The number of allylic oxidation sites excluding steroid dienone is 1. The molecule has 1 aliphatic rings. The molecular weight excluding hydrogens is 350 g/mol. The van der Waals surface area contributed by atoms with Crippen molar-refractivity contribution < 1.29 is 29.0 Å². The van der Waals surface area contributed by atoms with Gasteiger partial charge in [0, 0.05) is 11.1 Å². The summed E-state index contributed by atoms with van der Waals surface area (Å²) >= 11 is 0. The molecule has 2 aromatic rings. The first-order valence-corrected chi connectivity index (χ1v) is 8.14. The first kappa shape index (κ1) is 18.2. The molecule has 1 aliphatic heterocycles. The zero-order chi connectivity index (χ0) is 19.4. The fraction of sp³-hybridized carbons (Fsp3) is 0.150. The van der Waals surface area contributed by atoms with E-state index in [-0.39, 0.29) is 24.7 Å². The van der Waals surface area contributed by atoms with Gasteiger partial charge in [0.15, 0.2) is 12.4 Å². The van der Waals surface area contributed by atoms with Gasteiger partial charge in [0.25, 0.3) is 5.91 Å². The van der Waals surface area contributed by atoms with Crippen molar-refractivity contribution in [2.75, 3.05) is 19.0 Å². The molecule has 0 unspecified atom stereocenters. The summed E-state index contributed by atoms with van der Waals surface area (Å²) in [5, 5.41) is 11.7. The molecule has 0 fully saturated rings. The average Bonchev–Trinajstić information content (AvgIpc) is 2.65. The lowest BCUT2D eigenvalue weighted by atomic mass is 10.0. The van der Waals surface area contributed by atoms with Gasteiger partial charge in [-0.25, -0.2) is 0 Å². The molecule has 0 atom stereocenters. The highest BCUT2D eigenvalue weighted by atomic mass is 16.5. The third-order valence-electron chi connectivity index (χ3n) is 3.97. The van der Waals surface area contributed by atoms with Crippen LogP contribution in [0.25, 0.3) is 6.08 Å². The molecule has 1 heterocycles. The van der Waals surface area contributed by atoms with Crippen LogP contribution in [0.2, 0.25) is 0 Å². The number of methoxy groups -OCH3 is 1. The van der Waals surface area contributed by atoms with E-state index < -0.39 is 5.97 Å². The lowest BCUT2D eigenvalue weighted by molar-refractivity contribution is -0.136. The fourth-order valence-corrected chi connectivity index (χ4v) is 2.71. The lowest BCUT2D eigenvalue weighted by Crippen LogP contribution is -2.25. The number of anilines is 1. The zero-order valence-electron chi connectivity index (χ0n) is 14.5. The molecule has 2 N–H and O–H groups in total. The minimum absolute atomic E-state index is 0.0170. The number of fused-ring (bicyclic) bond motifs is 1. The second-order valence-corrected chi connectivity index (χ2v) is 5.89. The molecule has 27 heavy (non-hydrogen) atoms. The highest BCUT2D eigenvalue weighted by Crippen LogP contribution is 2.29. The van der Waals surface area contributed by atoms with E-state index in [1.54, 1.807) is 36.4 Å². The first-order chi connectivity index (χ1) is 13.0. The summed E-state index contributed by atoms with van der Waals surface area (Å²) in [6.45, 7) is -0.0170. The Bertz CT molecular complexity index is 947. The van der Waals surface area contributed by atoms with Crippen molar-refractivity contribution in [3.8, 4) is 11.5 Å². The Balaban J connectivity index is 1.80. The van der Waals surface area contributed by atoms with Crippen molar-refractivity contribution in [3.63, 3.8) is 0 Å². The average molecular weight is 367 g/mol. The van der Waals surface area contributed by atoms with Crippen LogP contribution in [0.15, 0.2) is 42.5 Å². The van der Waals surface area contributed by atoms with Gasteiger partial charge in [-0.15, -0.1) is 0 Å². The number of ether oxygens (including phenoxy) is 2. The van der Waals surface area contributed by atoms with Crippen LogP contribution in [-0.4, -0.2) is 36.5 Å². The van der Waals surface area contributed by atoms with E-state index in [2.05, 4.69) is 5.32 Å². The van der Waals surface area contributed by atoms with Crippen molar-refractivity contribution in [1.29, 1.82) is 0 Å². The number of carboxylic acids is 1. The minimum atomic E-state index is -1.01. The number of nitrogens with one attached hydrogen (secondary N) is 1. The van der Waals surface area contributed by atoms with Crippen LogP contribution in [0.4, 0.5) is 5.69 Å². The van der Waals surface area contributed by atoms with E-state index in [1.807, 2.05) is 0 Å². The molecule has 0 aliphatic carbocycles. The monoisotopic (exact) mass is 367 g/mol. The highest BCUT2D eigenvalue weighted by Gasteiger charge is 2.15. The van der Waals surface area contributed by atoms with Crippen LogP contribution in [0.5, 0.6) is 11.5 Å². The number of amides is 1. The van der Waals surface area contributed by atoms with E-state index in [0.29, 0.717) is 33.9 Å². The van der Waals surface area contributed by atoms with Crippen molar-refractivity contribution in [2.24, 2.45) is 0 Å². The van der Waals surface area contributed by atoms with Gasteiger partial charge in [-0.1, -0.05) is 12.1 Å². The van der Waals surface area contributed by atoms with Crippen molar-refractivity contribution in [2.45, 2.75) is 6.42 Å². The standard InChI is InChI=1S/C20H17NO6/c1-26-17-7-4-13(9-14(17)10-20(24)25)16(22)5-2-12-3-6-18-15(8-12)21-19(23)11-27-18/h2-9H,10-11H2,1H3,(H,21,23)(H,24,25)/b5-2+. The van der Waals surface area contributed by atoms with Crippen LogP contribution in [0.3, 0.4) is 0 Å². The van der Waals surface area contributed by atoms with Crippen molar-refractivity contribution in [3.05, 3.63) is 59.2 Å². The van der Waals surface area contributed by atoms with Crippen LogP contribution >= 0.6 is 0 Å². The summed E-state index contributed by atoms with van der Waals surface area (Å²) in [5.41, 5.74) is 2.05. The van der Waals surface area contributed by atoms with Gasteiger partial charge in [-0.3, -0.25) is 14.4 Å². The maximum absolute atomic E-state index is 12.4. The Morgan fingerprint density at radius 1 is 1.26 bits per heavy atom. The Morgan fingerprint density at radius 2 is 2.07 bits per heavy atom. The van der Waals surface area contributed by atoms with E-state index in [0.717, 1.165) is 0 Å². The van der Waals surface area contributed by atoms with Crippen LogP contribution in [0, 0.1) is 0 Å². The molecule has 0 saturated carbocycles. The maximum atomic E-state index is 12.4. The van der Waals surface area contributed by atoms with Gasteiger partial charge >= 0.3 is 5.97 Å². The summed E-state index contributed by atoms with van der Waals surface area (Å²) < 4.78 is 10.4. The van der Waals surface area contributed by atoms with E-state index in [1.165, 1.54) is 19.3 Å². The van der Waals surface area contributed by atoms with E-state index in [9.17, 15) is 14.4 Å². The number of aliphatic carboxylic acids is 1. The van der Waals surface area contributed by atoms with Gasteiger partial charge < -0.3 is 19.9 Å². The number of hydrogen-bond donors (Lipinski definition) is 2. The molecule has 2 aromatic carbocycles. The van der Waals surface area contributed by atoms with Crippen LogP contribution < -0.4 is 14.8 Å². The molecule has 7 nitrogen and oxygen atoms in total. The van der Waals surface area contributed by atoms with Gasteiger partial charge in [0.1, 0.15) is 11.5 Å². The fourth-order valence-electron chi connectivity index (χ4n) is 2.71. The zero-order valence-corrected chi connectivity index (χ0v) is 14.5. The van der Waals surface area contributed by atoms with E-state index in [4.69, 9.17) is 14.6 Å². The van der Waals surface area contributed by atoms with Crippen LogP contribution in [-0.2, 0) is 16.0 Å². The molecule has 1 amide bonds. The number of hydrogen-bond acceptors (Lipinski definition) is 5. The largest absolute Gasteiger partial charge is 0.496 e. The molecule has 0 saturated heterocycles. The Kier molecular flexibility index (Phi) is 5.21. The lowest BCUT2D eigenvalue weighted by Gasteiger charge is -2.17. The maximum Gasteiger partial charge on any atom is 0.307 e. The minimum Gasteiger partial charge on any atom is -0.496 e. The highest BCUT2D eigenvalue weighted by molar-refractivity contribution is 6.07. The molecular formula is C20H17NO6. The molecule has 7 heteroatoms. The second-order valence-electron chi connectivity index (χ2n) is 5.89. The molecule has 138 valence electrons. The summed E-state index contributed by atoms with van der Waals surface area (Å²) in [6.07, 6.45) is 2.77. The second kappa shape index (κ2) is 7.74. The van der Waals surface area contributed by atoms with Crippen molar-refractivity contribution >= 4 is 29.4 Å². The third kappa shape index (κ3) is 4.33. The number of carbonyl (C=O) groups is 3. The van der Waals surface area contributed by atoms with Crippen LogP contribution in [0.1, 0.15) is 21.5 Å². The predicted octanol–water partition coefficient (Wildman–Crippen LogP) is 2.55. The number of ketones is 1. The Labute approximate surface area is 155 Å². The SMILES string of the molecule is COc1ccc(C(=O)/C=C/c2ccc3c(c2)NC(=O)CO3)cc1CC(=O)O. The van der Waals surface area contributed by atoms with Crippen molar-refractivity contribution in [1.82, 2.24) is 0 Å². The molecule has 0 bridgehead atoms. The van der Waals surface area contributed by atoms with Gasteiger partial charge in [-0.05, 0) is 42.0 Å². The summed E-state index contributed by atoms with van der Waals surface area (Å²) in [7, 11) is 1.45. The van der Waals surface area contributed by atoms with E-state index >= 15 is 0 Å². The first-order valence-electron chi connectivity index (χ1n) is 8.14. The van der Waals surface area contributed by atoms with Gasteiger partial charge in [-0.2, -0.15) is 0 Å². The molecule has 0 spiro atoms. The third-order valence-corrected chi connectivity index (χ3v) is 3.97. The molecule has 3 rings (SSSR count). The molecule has 0 aromatic heterocycles. The number of carbonyl (C=O) groups excluding carboxylic acids is 2. The van der Waals surface area contributed by atoms with Gasteiger partial charge in [0.2, 0.25) is 0 Å².